The average Bonchev–Trinajstić information content (AvgIpc) is 2.77. The lowest BCUT2D eigenvalue weighted by Gasteiger charge is -2.32. The molecule has 0 radical (unpaired) electrons. The van der Waals surface area contributed by atoms with E-state index in [0.717, 1.165) is 12.0 Å². The number of nitrogens with one attached hydrogen (secondary N) is 2. The number of carbonyl (C=O) groups excluding carboxylic acids is 2. The monoisotopic (exact) mass is 421 g/mol. The fourth-order valence-corrected chi connectivity index (χ4v) is 3.64. The van der Waals surface area contributed by atoms with E-state index in [2.05, 4.69) is 10.6 Å². The summed E-state index contributed by atoms with van der Waals surface area (Å²) in [7, 11) is 0. The molecule has 1 atom stereocenters. The summed E-state index contributed by atoms with van der Waals surface area (Å²) in [5.41, 5.74) is 2.34. The Morgan fingerprint density at radius 2 is 1.65 bits per heavy atom. The van der Waals surface area contributed by atoms with Gasteiger partial charge in [-0.05, 0) is 60.9 Å². The molecule has 1 heterocycles. The van der Waals surface area contributed by atoms with Crippen molar-refractivity contribution in [3.63, 3.8) is 0 Å². The minimum atomic E-state index is -0.666. The molecule has 1 fully saturated rings. The molecule has 0 aromatic heterocycles. The summed E-state index contributed by atoms with van der Waals surface area (Å²) in [6.07, 6.45) is 1.25. The Kier molecular flexibility index (Phi) is 5.93. The van der Waals surface area contributed by atoms with Crippen molar-refractivity contribution in [2.45, 2.75) is 18.9 Å². The lowest BCUT2D eigenvalue weighted by atomic mass is 10.0. The van der Waals surface area contributed by atoms with Crippen molar-refractivity contribution in [1.29, 1.82) is 0 Å². The van der Waals surface area contributed by atoms with Gasteiger partial charge in [0.05, 0.1) is 0 Å². The minimum Gasteiger partial charge on any atom is -0.326 e. The zero-order valence-corrected chi connectivity index (χ0v) is 16.6. The predicted molar refractivity (Wildman–Crippen MR) is 116 cm³/mol. The highest BCUT2D eigenvalue weighted by atomic mass is 19.1. The third kappa shape index (κ3) is 4.71. The molecule has 0 saturated carbocycles. The zero-order chi connectivity index (χ0) is 21.8. The number of anilines is 2. The van der Waals surface area contributed by atoms with E-state index >= 15 is 0 Å². The first-order valence-corrected chi connectivity index (χ1v) is 10.0. The Bertz CT molecular complexity index is 1080. The van der Waals surface area contributed by atoms with Crippen LogP contribution in [0.5, 0.6) is 0 Å². The Labute approximate surface area is 178 Å². The largest absolute Gasteiger partial charge is 0.326 e. The van der Waals surface area contributed by atoms with Gasteiger partial charge in [-0.1, -0.05) is 30.3 Å². The number of nitrogens with zero attached hydrogens (tertiary/aromatic N) is 1. The van der Waals surface area contributed by atoms with Crippen molar-refractivity contribution in [2.75, 3.05) is 16.8 Å². The normalized spacial score (nSPS) is 16.1. The molecule has 1 saturated heterocycles. The summed E-state index contributed by atoms with van der Waals surface area (Å²) < 4.78 is 27.0. The lowest BCUT2D eigenvalue weighted by molar-refractivity contribution is -0.121. The van der Waals surface area contributed by atoms with E-state index in [4.69, 9.17) is 0 Å². The lowest BCUT2D eigenvalue weighted by Crippen LogP contribution is -2.53. The molecular formula is C24H21F2N3O2. The number of rotatable bonds is 4. The van der Waals surface area contributed by atoms with Crippen LogP contribution < -0.4 is 15.5 Å². The highest BCUT2D eigenvalue weighted by molar-refractivity contribution is 6.01. The van der Waals surface area contributed by atoms with Crippen LogP contribution in [-0.4, -0.2) is 24.5 Å². The predicted octanol–water partition coefficient (Wildman–Crippen LogP) is 4.95. The van der Waals surface area contributed by atoms with Gasteiger partial charge in [0.2, 0.25) is 5.91 Å². The average molecular weight is 421 g/mol. The maximum absolute atomic E-state index is 14.0. The van der Waals surface area contributed by atoms with Gasteiger partial charge in [0.15, 0.2) is 0 Å². The summed E-state index contributed by atoms with van der Waals surface area (Å²) in [5.74, 6) is -0.912. The van der Waals surface area contributed by atoms with Gasteiger partial charge in [-0.2, -0.15) is 0 Å². The molecule has 1 aliphatic rings. The van der Waals surface area contributed by atoms with Crippen LogP contribution in [0.3, 0.4) is 0 Å². The molecule has 3 amide bonds. The van der Waals surface area contributed by atoms with E-state index < -0.39 is 17.9 Å². The van der Waals surface area contributed by atoms with Crippen molar-refractivity contribution in [3.05, 3.63) is 84.4 Å². The first kappa shape index (κ1) is 20.5. The van der Waals surface area contributed by atoms with Crippen LogP contribution in [0.15, 0.2) is 72.8 Å². The molecule has 3 aromatic rings. The van der Waals surface area contributed by atoms with Crippen LogP contribution in [0.1, 0.15) is 12.8 Å². The SMILES string of the molecule is O=C(Nc1ccc(F)cc1)N[C@@H]1CCCN(c2ccc(-c3ccccc3F)cc2)C1=O. The second-order valence-electron chi connectivity index (χ2n) is 7.32. The van der Waals surface area contributed by atoms with E-state index in [-0.39, 0.29) is 11.7 Å². The fraction of sp³-hybridized carbons (Fsp3) is 0.167. The van der Waals surface area contributed by atoms with Gasteiger partial charge >= 0.3 is 6.03 Å². The third-order valence-electron chi connectivity index (χ3n) is 5.21. The van der Waals surface area contributed by atoms with Crippen molar-refractivity contribution in [2.24, 2.45) is 0 Å². The molecular weight excluding hydrogens is 400 g/mol. The molecule has 0 unspecified atom stereocenters. The quantitative estimate of drug-likeness (QED) is 0.626. The summed E-state index contributed by atoms with van der Waals surface area (Å²) >= 11 is 0. The minimum absolute atomic E-state index is 0.209. The molecule has 3 aromatic carbocycles. The van der Waals surface area contributed by atoms with Crippen LogP contribution in [0.25, 0.3) is 11.1 Å². The van der Waals surface area contributed by atoms with Crippen LogP contribution >= 0.6 is 0 Å². The van der Waals surface area contributed by atoms with Gasteiger partial charge in [0.25, 0.3) is 0 Å². The summed E-state index contributed by atoms with van der Waals surface area (Å²) in [6.45, 7) is 0.537. The Morgan fingerprint density at radius 3 is 2.35 bits per heavy atom. The Morgan fingerprint density at radius 1 is 0.935 bits per heavy atom. The number of carbonyl (C=O) groups is 2. The number of benzene rings is 3. The number of hydrogen-bond acceptors (Lipinski definition) is 2. The highest BCUT2D eigenvalue weighted by Crippen LogP contribution is 2.27. The number of halogens is 2. The highest BCUT2D eigenvalue weighted by Gasteiger charge is 2.30. The third-order valence-corrected chi connectivity index (χ3v) is 5.21. The topological polar surface area (TPSA) is 61.4 Å². The number of urea groups is 1. The van der Waals surface area contributed by atoms with E-state index in [1.807, 2.05) is 0 Å². The molecule has 158 valence electrons. The maximum Gasteiger partial charge on any atom is 0.319 e. The van der Waals surface area contributed by atoms with Crippen LogP contribution in [-0.2, 0) is 4.79 Å². The van der Waals surface area contributed by atoms with Gasteiger partial charge in [-0.15, -0.1) is 0 Å². The van der Waals surface area contributed by atoms with E-state index in [1.165, 1.54) is 30.3 Å². The van der Waals surface area contributed by atoms with Crippen molar-refractivity contribution >= 4 is 23.3 Å². The molecule has 0 spiro atoms. The number of piperidine rings is 1. The van der Waals surface area contributed by atoms with Crippen LogP contribution in [0, 0.1) is 11.6 Å². The van der Waals surface area contributed by atoms with Crippen molar-refractivity contribution < 1.29 is 18.4 Å². The molecule has 31 heavy (non-hydrogen) atoms. The summed E-state index contributed by atoms with van der Waals surface area (Å²) in [6, 6.07) is 17.8. The van der Waals surface area contributed by atoms with Gasteiger partial charge in [0, 0.05) is 23.5 Å². The second kappa shape index (κ2) is 8.95. The van der Waals surface area contributed by atoms with E-state index in [1.54, 1.807) is 47.4 Å². The molecule has 4 rings (SSSR count). The summed E-state index contributed by atoms with van der Waals surface area (Å²) in [4.78, 5) is 26.8. The number of hydrogen-bond donors (Lipinski definition) is 2. The van der Waals surface area contributed by atoms with Crippen molar-refractivity contribution in [1.82, 2.24) is 5.32 Å². The van der Waals surface area contributed by atoms with Gasteiger partial charge in [-0.3, -0.25) is 4.79 Å². The Balaban J connectivity index is 1.43. The molecule has 2 N–H and O–H groups in total. The van der Waals surface area contributed by atoms with Gasteiger partial charge in [-0.25, -0.2) is 13.6 Å². The second-order valence-corrected chi connectivity index (χ2v) is 7.32. The zero-order valence-electron chi connectivity index (χ0n) is 16.6. The standard InChI is InChI=1S/C24H21F2N3O2/c25-17-9-11-18(12-10-17)27-24(31)28-22-6-3-15-29(23(22)30)19-13-7-16(8-14-19)20-4-1-2-5-21(20)26/h1-2,4-5,7-14,22H,3,6,15H2,(H2,27,28,31)/t22-/m1/s1. The van der Waals surface area contributed by atoms with E-state index in [9.17, 15) is 18.4 Å². The van der Waals surface area contributed by atoms with Crippen LogP contribution in [0.2, 0.25) is 0 Å². The van der Waals surface area contributed by atoms with Crippen LogP contribution in [0.4, 0.5) is 25.0 Å². The molecule has 0 aliphatic carbocycles. The smallest absolute Gasteiger partial charge is 0.319 e. The molecule has 5 nitrogen and oxygen atoms in total. The maximum atomic E-state index is 14.0. The number of amides is 3. The van der Waals surface area contributed by atoms with Gasteiger partial charge in [0.1, 0.15) is 17.7 Å². The van der Waals surface area contributed by atoms with Gasteiger partial charge < -0.3 is 15.5 Å². The first-order chi connectivity index (χ1) is 15.0. The summed E-state index contributed by atoms with van der Waals surface area (Å²) in [5, 5.41) is 5.29. The first-order valence-electron chi connectivity index (χ1n) is 10.0. The molecule has 1 aliphatic heterocycles. The molecule has 0 bridgehead atoms. The fourth-order valence-electron chi connectivity index (χ4n) is 3.64. The van der Waals surface area contributed by atoms with Crippen molar-refractivity contribution in [3.8, 4) is 11.1 Å². The molecule has 7 heteroatoms. The Hall–Kier alpha value is -3.74. The van der Waals surface area contributed by atoms with E-state index in [0.29, 0.717) is 29.9 Å².